The first-order valence-electron chi connectivity index (χ1n) is 6.53. The number of nitrogens with one attached hydrogen (secondary N) is 2. The third kappa shape index (κ3) is 4.39. The predicted molar refractivity (Wildman–Crippen MR) is 77.5 cm³/mol. The van der Waals surface area contributed by atoms with E-state index in [2.05, 4.69) is 20.6 Å². The summed E-state index contributed by atoms with van der Waals surface area (Å²) in [5.41, 5.74) is 0.957. The van der Waals surface area contributed by atoms with Crippen LogP contribution in [-0.4, -0.2) is 42.1 Å². The van der Waals surface area contributed by atoms with E-state index in [1.165, 1.54) is 0 Å². The molecule has 1 aromatic heterocycles. The van der Waals surface area contributed by atoms with Crippen LogP contribution < -0.4 is 15.5 Å². The van der Waals surface area contributed by atoms with Crippen molar-refractivity contribution in [2.45, 2.75) is 33.7 Å². The maximum Gasteiger partial charge on any atom is 0.239 e. The molecular formula is C13H23N5O. The van der Waals surface area contributed by atoms with Crippen LogP contribution in [0, 0.1) is 6.92 Å². The number of carbonyl (C=O) groups is 1. The normalized spacial score (nSPS) is 10.4. The lowest BCUT2D eigenvalue weighted by molar-refractivity contribution is -0.120. The summed E-state index contributed by atoms with van der Waals surface area (Å²) < 4.78 is 0. The summed E-state index contributed by atoms with van der Waals surface area (Å²) in [5, 5.41) is 5.80. The van der Waals surface area contributed by atoms with E-state index in [4.69, 9.17) is 0 Å². The van der Waals surface area contributed by atoms with Crippen LogP contribution in [0.5, 0.6) is 0 Å². The van der Waals surface area contributed by atoms with Crippen molar-refractivity contribution in [1.82, 2.24) is 15.3 Å². The van der Waals surface area contributed by atoms with Crippen molar-refractivity contribution in [2.24, 2.45) is 0 Å². The zero-order chi connectivity index (χ0) is 14.4. The SMILES string of the molecule is CCN(CC(=O)NC(C)C)c1nc(NC)ncc1C. The quantitative estimate of drug-likeness (QED) is 0.808. The van der Waals surface area contributed by atoms with E-state index in [1.807, 2.05) is 32.6 Å². The highest BCUT2D eigenvalue weighted by molar-refractivity contribution is 5.81. The van der Waals surface area contributed by atoms with E-state index < -0.39 is 0 Å². The highest BCUT2D eigenvalue weighted by Gasteiger charge is 2.14. The van der Waals surface area contributed by atoms with E-state index in [1.54, 1.807) is 13.2 Å². The Bertz CT molecular complexity index is 433. The highest BCUT2D eigenvalue weighted by atomic mass is 16.2. The number of rotatable bonds is 6. The molecule has 0 aliphatic carbocycles. The van der Waals surface area contributed by atoms with Crippen LogP contribution in [-0.2, 0) is 4.79 Å². The van der Waals surface area contributed by atoms with Gasteiger partial charge in [-0.15, -0.1) is 0 Å². The molecule has 0 fully saturated rings. The maximum absolute atomic E-state index is 11.9. The molecule has 0 bridgehead atoms. The van der Waals surface area contributed by atoms with Crippen molar-refractivity contribution in [2.75, 3.05) is 30.4 Å². The molecule has 0 spiro atoms. The first-order chi connectivity index (χ1) is 8.97. The van der Waals surface area contributed by atoms with Crippen LogP contribution in [0.2, 0.25) is 0 Å². The van der Waals surface area contributed by atoms with Crippen LogP contribution in [0.25, 0.3) is 0 Å². The van der Waals surface area contributed by atoms with E-state index in [0.29, 0.717) is 19.0 Å². The van der Waals surface area contributed by atoms with Crippen LogP contribution in [0.15, 0.2) is 6.20 Å². The monoisotopic (exact) mass is 265 g/mol. The van der Waals surface area contributed by atoms with Crippen molar-refractivity contribution >= 4 is 17.7 Å². The van der Waals surface area contributed by atoms with Crippen LogP contribution >= 0.6 is 0 Å². The summed E-state index contributed by atoms with van der Waals surface area (Å²) in [6.45, 7) is 8.86. The average molecular weight is 265 g/mol. The number of amides is 1. The molecule has 1 heterocycles. The topological polar surface area (TPSA) is 70.2 Å². The van der Waals surface area contributed by atoms with Gasteiger partial charge in [-0.25, -0.2) is 4.98 Å². The Labute approximate surface area is 114 Å². The molecule has 0 aromatic carbocycles. The molecule has 0 unspecified atom stereocenters. The smallest absolute Gasteiger partial charge is 0.239 e. The second-order valence-electron chi connectivity index (χ2n) is 4.69. The number of aryl methyl sites for hydroxylation is 1. The number of nitrogens with zero attached hydrogens (tertiary/aromatic N) is 3. The molecule has 6 nitrogen and oxygen atoms in total. The van der Waals surface area contributed by atoms with E-state index in [0.717, 1.165) is 11.4 Å². The van der Waals surface area contributed by atoms with Gasteiger partial charge in [-0.2, -0.15) is 4.98 Å². The Morgan fingerprint density at radius 3 is 2.68 bits per heavy atom. The van der Waals surface area contributed by atoms with Crippen molar-refractivity contribution < 1.29 is 4.79 Å². The number of anilines is 2. The summed E-state index contributed by atoms with van der Waals surface area (Å²) >= 11 is 0. The molecule has 0 saturated carbocycles. The number of aromatic nitrogens is 2. The Kier molecular flexibility index (Phi) is 5.54. The number of hydrogen-bond donors (Lipinski definition) is 2. The van der Waals surface area contributed by atoms with E-state index in [-0.39, 0.29) is 11.9 Å². The molecule has 1 rings (SSSR count). The zero-order valence-electron chi connectivity index (χ0n) is 12.3. The van der Waals surface area contributed by atoms with Gasteiger partial charge in [0.1, 0.15) is 5.82 Å². The second kappa shape index (κ2) is 6.92. The van der Waals surface area contributed by atoms with Gasteiger partial charge in [-0.3, -0.25) is 4.79 Å². The third-order valence-corrected chi connectivity index (χ3v) is 2.63. The lowest BCUT2D eigenvalue weighted by Gasteiger charge is -2.23. The van der Waals surface area contributed by atoms with Crippen molar-refractivity contribution in [1.29, 1.82) is 0 Å². The highest BCUT2D eigenvalue weighted by Crippen LogP contribution is 2.17. The number of carbonyl (C=O) groups excluding carboxylic acids is 1. The number of hydrogen-bond acceptors (Lipinski definition) is 5. The van der Waals surface area contributed by atoms with Crippen molar-refractivity contribution in [3.63, 3.8) is 0 Å². The lowest BCUT2D eigenvalue weighted by atomic mass is 10.3. The minimum atomic E-state index is 0.000805. The Morgan fingerprint density at radius 1 is 1.47 bits per heavy atom. The molecule has 106 valence electrons. The molecule has 0 aliphatic heterocycles. The molecular weight excluding hydrogens is 242 g/mol. The lowest BCUT2D eigenvalue weighted by Crippen LogP contribution is -2.40. The van der Waals surface area contributed by atoms with Gasteiger partial charge in [0.15, 0.2) is 0 Å². The number of likely N-dealkylation sites (N-methyl/N-ethyl adjacent to an activating group) is 1. The fourth-order valence-electron chi connectivity index (χ4n) is 1.75. The summed E-state index contributed by atoms with van der Waals surface area (Å²) in [5.74, 6) is 1.35. The Balaban J connectivity index is 2.87. The van der Waals surface area contributed by atoms with Gasteiger partial charge >= 0.3 is 0 Å². The molecule has 1 amide bonds. The van der Waals surface area contributed by atoms with Gasteiger partial charge in [0, 0.05) is 31.4 Å². The van der Waals surface area contributed by atoms with Crippen LogP contribution in [0.1, 0.15) is 26.3 Å². The maximum atomic E-state index is 11.9. The molecule has 2 N–H and O–H groups in total. The van der Waals surface area contributed by atoms with Gasteiger partial charge in [0.2, 0.25) is 11.9 Å². The molecule has 0 saturated heterocycles. The first-order valence-corrected chi connectivity index (χ1v) is 6.53. The molecule has 0 radical (unpaired) electrons. The van der Waals surface area contributed by atoms with Gasteiger partial charge in [-0.05, 0) is 27.7 Å². The minimum absolute atomic E-state index is 0.000805. The van der Waals surface area contributed by atoms with Gasteiger partial charge in [0.05, 0.1) is 6.54 Å². The Morgan fingerprint density at radius 2 is 2.16 bits per heavy atom. The summed E-state index contributed by atoms with van der Waals surface area (Å²) in [6.07, 6.45) is 1.76. The fourth-order valence-corrected chi connectivity index (χ4v) is 1.75. The van der Waals surface area contributed by atoms with E-state index in [9.17, 15) is 4.79 Å². The molecule has 0 atom stereocenters. The minimum Gasteiger partial charge on any atom is -0.357 e. The zero-order valence-corrected chi connectivity index (χ0v) is 12.3. The first kappa shape index (κ1) is 15.2. The summed E-state index contributed by atoms with van der Waals surface area (Å²) in [7, 11) is 1.77. The molecule has 6 heteroatoms. The molecule has 0 aliphatic rings. The van der Waals surface area contributed by atoms with Gasteiger partial charge in [0.25, 0.3) is 0 Å². The third-order valence-electron chi connectivity index (χ3n) is 2.63. The fraction of sp³-hybridized carbons (Fsp3) is 0.615. The average Bonchev–Trinajstić information content (AvgIpc) is 2.36. The van der Waals surface area contributed by atoms with Crippen molar-refractivity contribution in [3.8, 4) is 0 Å². The second-order valence-corrected chi connectivity index (χ2v) is 4.69. The van der Waals surface area contributed by atoms with Gasteiger partial charge in [-0.1, -0.05) is 0 Å². The van der Waals surface area contributed by atoms with Crippen LogP contribution in [0.3, 0.4) is 0 Å². The van der Waals surface area contributed by atoms with Crippen LogP contribution in [0.4, 0.5) is 11.8 Å². The molecule has 19 heavy (non-hydrogen) atoms. The van der Waals surface area contributed by atoms with Gasteiger partial charge < -0.3 is 15.5 Å². The van der Waals surface area contributed by atoms with E-state index >= 15 is 0 Å². The summed E-state index contributed by atoms with van der Waals surface area (Å²) in [4.78, 5) is 22.4. The standard InChI is InChI=1S/C13H23N5O/c1-6-18(8-11(19)16-9(2)3)12-10(4)7-15-13(14-5)17-12/h7,9H,6,8H2,1-5H3,(H,16,19)(H,14,15,17). The Hall–Kier alpha value is -1.85. The predicted octanol–water partition coefficient (Wildman–Crippen LogP) is 1.18. The largest absolute Gasteiger partial charge is 0.357 e. The van der Waals surface area contributed by atoms with Crippen molar-refractivity contribution in [3.05, 3.63) is 11.8 Å². The summed E-state index contributed by atoms with van der Waals surface area (Å²) in [6, 6.07) is 0.144. The molecule has 1 aromatic rings.